The second-order valence-corrected chi connectivity index (χ2v) is 7.49. The van der Waals surface area contributed by atoms with Gasteiger partial charge in [-0.15, -0.1) is 11.8 Å². The summed E-state index contributed by atoms with van der Waals surface area (Å²) < 4.78 is 15.7. The molecule has 1 saturated heterocycles. The Morgan fingerprint density at radius 3 is 2.79 bits per heavy atom. The van der Waals surface area contributed by atoms with Crippen molar-refractivity contribution in [3.05, 3.63) is 54.0 Å². The van der Waals surface area contributed by atoms with Gasteiger partial charge in [-0.2, -0.15) is 0 Å². The molecular weight excluding hydrogens is 396 g/mol. The topological polar surface area (TPSA) is 98.1 Å². The summed E-state index contributed by atoms with van der Waals surface area (Å²) in [5.74, 6) is 0.353. The number of methoxy groups -OCH3 is 1. The van der Waals surface area contributed by atoms with Crippen molar-refractivity contribution in [3.63, 3.8) is 0 Å². The molecular formula is C20H22N2O6S. The van der Waals surface area contributed by atoms with Crippen LogP contribution >= 0.6 is 11.8 Å². The number of hydrogen-bond acceptors (Lipinski definition) is 7. The lowest BCUT2D eigenvalue weighted by Gasteiger charge is -2.25. The molecule has 1 N–H and O–H groups in total. The molecule has 9 heteroatoms. The van der Waals surface area contributed by atoms with E-state index in [0.29, 0.717) is 17.3 Å². The second-order valence-electron chi connectivity index (χ2n) is 6.38. The smallest absolute Gasteiger partial charge is 0.330 e. The zero-order valence-corrected chi connectivity index (χ0v) is 16.9. The molecule has 29 heavy (non-hydrogen) atoms. The Hall–Kier alpha value is -2.94. The normalized spacial score (nSPS) is 18.3. The summed E-state index contributed by atoms with van der Waals surface area (Å²) in [6.45, 7) is 1.26. The molecule has 1 aromatic carbocycles. The zero-order valence-electron chi connectivity index (χ0n) is 16.1. The highest BCUT2D eigenvalue weighted by molar-refractivity contribution is 7.99. The minimum absolute atomic E-state index is 0.263. The SMILES string of the molecule is COc1cccc(CNC(=O)COC(=O)[C@@H]2CS[C@@H](c3ccco3)N2C(C)=O)c1. The largest absolute Gasteiger partial charge is 0.497 e. The molecule has 2 atom stereocenters. The zero-order chi connectivity index (χ0) is 20.8. The van der Waals surface area contributed by atoms with E-state index in [1.807, 2.05) is 24.3 Å². The molecule has 2 aromatic rings. The predicted octanol–water partition coefficient (Wildman–Crippen LogP) is 2.11. The first kappa shape index (κ1) is 20.8. The molecule has 0 spiro atoms. The van der Waals surface area contributed by atoms with Gasteiger partial charge in [0.2, 0.25) is 5.91 Å². The van der Waals surface area contributed by atoms with Gasteiger partial charge in [0.25, 0.3) is 5.91 Å². The molecule has 0 bridgehead atoms. The number of carbonyl (C=O) groups is 3. The van der Waals surface area contributed by atoms with Crippen LogP contribution in [0.4, 0.5) is 0 Å². The van der Waals surface area contributed by atoms with Gasteiger partial charge in [-0.05, 0) is 29.8 Å². The standard InChI is InChI=1S/C20H22N2O6S/c1-13(23)22-16(12-29-19(22)17-7-4-8-27-17)20(25)28-11-18(24)21-10-14-5-3-6-15(9-14)26-2/h3-9,16,19H,10-12H2,1-2H3,(H,21,24)/t16-,19-/m0/s1. The van der Waals surface area contributed by atoms with E-state index in [4.69, 9.17) is 13.9 Å². The molecule has 1 aromatic heterocycles. The summed E-state index contributed by atoms with van der Waals surface area (Å²) in [5, 5.41) is 2.30. The Bertz CT molecular complexity index is 870. The van der Waals surface area contributed by atoms with E-state index in [0.717, 1.165) is 5.56 Å². The molecule has 8 nitrogen and oxygen atoms in total. The molecule has 1 aliphatic heterocycles. The monoisotopic (exact) mass is 418 g/mol. The number of benzene rings is 1. The fraction of sp³-hybridized carbons (Fsp3) is 0.350. The number of nitrogens with zero attached hydrogens (tertiary/aromatic N) is 1. The Kier molecular flexibility index (Phi) is 6.82. The Balaban J connectivity index is 1.51. The van der Waals surface area contributed by atoms with Gasteiger partial charge >= 0.3 is 5.97 Å². The number of thioether (sulfide) groups is 1. The van der Waals surface area contributed by atoms with Crippen molar-refractivity contribution in [3.8, 4) is 5.75 Å². The van der Waals surface area contributed by atoms with E-state index in [9.17, 15) is 14.4 Å². The third kappa shape index (κ3) is 5.11. The molecule has 0 radical (unpaired) electrons. The number of ether oxygens (including phenoxy) is 2. The molecule has 2 amide bonds. The van der Waals surface area contributed by atoms with Crippen molar-refractivity contribution in [1.29, 1.82) is 0 Å². The summed E-state index contributed by atoms with van der Waals surface area (Å²) in [4.78, 5) is 38.0. The van der Waals surface area contributed by atoms with Crippen molar-refractivity contribution < 1.29 is 28.3 Å². The number of amides is 2. The Morgan fingerprint density at radius 2 is 2.10 bits per heavy atom. The van der Waals surface area contributed by atoms with E-state index < -0.39 is 24.5 Å². The lowest BCUT2D eigenvalue weighted by Crippen LogP contribution is -2.43. The number of furan rings is 1. The van der Waals surface area contributed by atoms with Gasteiger partial charge in [-0.25, -0.2) is 4.79 Å². The Morgan fingerprint density at radius 1 is 1.28 bits per heavy atom. The van der Waals surface area contributed by atoms with Crippen LogP contribution < -0.4 is 10.1 Å². The molecule has 0 saturated carbocycles. The molecule has 1 aliphatic rings. The van der Waals surface area contributed by atoms with Crippen LogP contribution in [0.1, 0.15) is 23.6 Å². The summed E-state index contributed by atoms with van der Waals surface area (Å²) in [7, 11) is 1.57. The van der Waals surface area contributed by atoms with Gasteiger partial charge in [0.05, 0.1) is 13.4 Å². The van der Waals surface area contributed by atoms with Crippen LogP contribution in [-0.2, 0) is 25.7 Å². The average molecular weight is 418 g/mol. The number of rotatable bonds is 7. The van der Waals surface area contributed by atoms with Crippen LogP contribution in [0.15, 0.2) is 47.1 Å². The second kappa shape index (κ2) is 9.51. The van der Waals surface area contributed by atoms with E-state index in [2.05, 4.69) is 5.32 Å². The molecule has 3 rings (SSSR count). The fourth-order valence-electron chi connectivity index (χ4n) is 2.99. The summed E-state index contributed by atoms with van der Waals surface area (Å²) in [5.41, 5.74) is 0.861. The molecule has 154 valence electrons. The van der Waals surface area contributed by atoms with Gasteiger partial charge < -0.3 is 24.1 Å². The van der Waals surface area contributed by atoms with Crippen molar-refractivity contribution in [1.82, 2.24) is 10.2 Å². The number of carbonyl (C=O) groups excluding carboxylic acids is 3. The highest BCUT2D eigenvalue weighted by atomic mass is 32.2. The van der Waals surface area contributed by atoms with Gasteiger partial charge in [-0.1, -0.05) is 12.1 Å². The van der Waals surface area contributed by atoms with Gasteiger partial charge in [-0.3, -0.25) is 9.59 Å². The first-order valence-electron chi connectivity index (χ1n) is 8.99. The van der Waals surface area contributed by atoms with E-state index in [1.54, 1.807) is 19.2 Å². The lowest BCUT2D eigenvalue weighted by atomic mass is 10.2. The fourth-order valence-corrected chi connectivity index (χ4v) is 4.41. The molecule has 2 heterocycles. The van der Waals surface area contributed by atoms with Crippen molar-refractivity contribution in [2.45, 2.75) is 24.9 Å². The third-order valence-electron chi connectivity index (χ3n) is 4.39. The maximum absolute atomic E-state index is 12.5. The van der Waals surface area contributed by atoms with Crippen LogP contribution in [0.25, 0.3) is 0 Å². The average Bonchev–Trinajstić information content (AvgIpc) is 3.40. The summed E-state index contributed by atoms with van der Waals surface area (Å²) in [6, 6.07) is 10.0. The van der Waals surface area contributed by atoms with E-state index >= 15 is 0 Å². The minimum atomic E-state index is -0.765. The Labute approximate surface area is 172 Å². The highest BCUT2D eigenvalue weighted by Gasteiger charge is 2.43. The summed E-state index contributed by atoms with van der Waals surface area (Å²) >= 11 is 1.42. The maximum atomic E-state index is 12.5. The summed E-state index contributed by atoms with van der Waals surface area (Å²) in [6.07, 6.45) is 1.52. The molecule has 0 unspecified atom stereocenters. The van der Waals surface area contributed by atoms with Crippen molar-refractivity contribution >= 4 is 29.5 Å². The van der Waals surface area contributed by atoms with Crippen molar-refractivity contribution in [2.75, 3.05) is 19.5 Å². The van der Waals surface area contributed by atoms with Crippen LogP contribution in [-0.4, -0.2) is 48.2 Å². The third-order valence-corrected chi connectivity index (χ3v) is 5.68. The molecule has 0 aliphatic carbocycles. The maximum Gasteiger partial charge on any atom is 0.330 e. The number of hydrogen-bond donors (Lipinski definition) is 1. The van der Waals surface area contributed by atoms with Crippen LogP contribution in [0.2, 0.25) is 0 Å². The van der Waals surface area contributed by atoms with Crippen molar-refractivity contribution in [2.24, 2.45) is 0 Å². The number of esters is 1. The van der Waals surface area contributed by atoms with Gasteiger partial charge in [0.1, 0.15) is 22.9 Å². The van der Waals surface area contributed by atoms with Crippen LogP contribution in [0.3, 0.4) is 0 Å². The highest BCUT2D eigenvalue weighted by Crippen LogP contribution is 2.41. The molecule has 1 fully saturated rings. The van der Waals surface area contributed by atoms with Gasteiger partial charge in [0, 0.05) is 19.2 Å². The lowest BCUT2D eigenvalue weighted by molar-refractivity contribution is -0.156. The first-order valence-corrected chi connectivity index (χ1v) is 10.0. The van der Waals surface area contributed by atoms with E-state index in [-0.39, 0.29) is 17.8 Å². The number of nitrogens with one attached hydrogen (secondary N) is 1. The predicted molar refractivity (Wildman–Crippen MR) is 106 cm³/mol. The van der Waals surface area contributed by atoms with Gasteiger partial charge in [0.15, 0.2) is 6.61 Å². The van der Waals surface area contributed by atoms with E-state index in [1.165, 1.54) is 29.8 Å². The quantitative estimate of drug-likeness (QED) is 0.688. The first-order chi connectivity index (χ1) is 14.0. The van der Waals surface area contributed by atoms with Crippen LogP contribution in [0.5, 0.6) is 5.75 Å². The van der Waals surface area contributed by atoms with Crippen LogP contribution in [0, 0.1) is 0 Å². The minimum Gasteiger partial charge on any atom is -0.497 e.